The Labute approximate surface area is 170 Å². The first kappa shape index (κ1) is 21.6. The number of aromatic nitrogens is 2. The van der Waals surface area contributed by atoms with E-state index in [0.717, 1.165) is 11.9 Å². The maximum Gasteiger partial charge on any atom is 0.224 e. The number of nitrogens with two attached hydrogens (primary N) is 1. The maximum atomic E-state index is 12.7. The van der Waals surface area contributed by atoms with E-state index < -0.39 is 0 Å². The van der Waals surface area contributed by atoms with Gasteiger partial charge in [-0.1, -0.05) is 42.5 Å². The highest BCUT2D eigenvalue weighted by molar-refractivity contribution is 5.85. The summed E-state index contributed by atoms with van der Waals surface area (Å²) in [5.41, 5.74) is 7.52. The lowest BCUT2D eigenvalue weighted by molar-refractivity contribution is -0.131. The molecule has 0 radical (unpaired) electrons. The lowest BCUT2D eigenvalue weighted by Gasteiger charge is -2.22. The van der Waals surface area contributed by atoms with Crippen LogP contribution in [-0.2, 0) is 17.8 Å². The molecule has 0 fully saturated rings. The molecule has 1 aromatic heterocycles. The lowest BCUT2D eigenvalue weighted by Crippen LogP contribution is -2.37. The third-order valence-electron chi connectivity index (χ3n) is 4.56. The van der Waals surface area contributed by atoms with Crippen LogP contribution in [0, 0.1) is 0 Å². The average molecular weight is 401 g/mol. The second-order valence-electron chi connectivity index (χ2n) is 6.40. The molecule has 0 aliphatic heterocycles. The number of aryl methyl sites for hydroxylation is 1. The Morgan fingerprint density at radius 3 is 2.50 bits per heavy atom. The number of hydrogen-bond donors (Lipinski definition) is 1. The summed E-state index contributed by atoms with van der Waals surface area (Å²) in [5.74, 6) is 0.0426. The summed E-state index contributed by atoms with van der Waals surface area (Å²) in [6.07, 6.45) is 2.42. The molecule has 3 rings (SSSR count). The van der Waals surface area contributed by atoms with Crippen LogP contribution < -0.4 is 11.2 Å². The Morgan fingerprint density at radius 1 is 1.04 bits per heavy atom. The van der Waals surface area contributed by atoms with Crippen LogP contribution in [0.4, 0.5) is 0 Å². The first-order valence-electron chi connectivity index (χ1n) is 9.15. The van der Waals surface area contributed by atoms with Gasteiger partial charge in [0.25, 0.3) is 0 Å². The molecule has 148 valence electrons. The molecule has 2 N–H and O–H groups in total. The zero-order valence-corrected chi connectivity index (χ0v) is 16.5. The molecule has 0 atom stereocenters. The molecular weight excluding hydrogens is 376 g/mol. The fraction of sp³-hybridized carbons (Fsp3) is 0.286. The van der Waals surface area contributed by atoms with Gasteiger partial charge >= 0.3 is 0 Å². The van der Waals surface area contributed by atoms with E-state index >= 15 is 0 Å². The molecular formula is C21H25ClN4O2. The standard InChI is InChI=1S/C21H24N4O2.ClH/c22-12-15-24(13-10-17-6-2-1-3-7-17)21(27)11-14-25-19-9-5-4-8-18(19)20(26)16-23-25;/h1-9,16H,10-15,22H2;1H. The van der Waals surface area contributed by atoms with Crippen LogP contribution in [0.25, 0.3) is 10.9 Å². The van der Waals surface area contributed by atoms with E-state index in [1.165, 1.54) is 11.8 Å². The molecule has 3 aromatic rings. The van der Waals surface area contributed by atoms with Crippen molar-refractivity contribution in [2.24, 2.45) is 5.73 Å². The average Bonchev–Trinajstić information content (AvgIpc) is 2.71. The van der Waals surface area contributed by atoms with E-state index in [-0.39, 0.29) is 23.7 Å². The van der Waals surface area contributed by atoms with Crippen LogP contribution >= 0.6 is 12.4 Å². The van der Waals surface area contributed by atoms with Gasteiger partial charge in [-0.2, -0.15) is 5.10 Å². The number of para-hydroxylation sites is 1. The van der Waals surface area contributed by atoms with Crippen molar-refractivity contribution >= 4 is 29.2 Å². The number of halogens is 1. The van der Waals surface area contributed by atoms with E-state index in [9.17, 15) is 9.59 Å². The van der Waals surface area contributed by atoms with Crippen LogP contribution in [0.3, 0.4) is 0 Å². The van der Waals surface area contributed by atoms with Crippen LogP contribution in [-0.4, -0.2) is 40.2 Å². The van der Waals surface area contributed by atoms with Crippen molar-refractivity contribution in [3.05, 3.63) is 76.6 Å². The van der Waals surface area contributed by atoms with Crippen molar-refractivity contribution in [3.63, 3.8) is 0 Å². The third-order valence-corrected chi connectivity index (χ3v) is 4.56. The van der Waals surface area contributed by atoms with Gasteiger partial charge in [-0.15, -0.1) is 12.4 Å². The number of carbonyl (C=O) groups excluding carboxylic acids is 1. The van der Waals surface area contributed by atoms with Gasteiger partial charge in [0.05, 0.1) is 18.3 Å². The molecule has 0 saturated carbocycles. The van der Waals surface area contributed by atoms with E-state index in [4.69, 9.17) is 5.73 Å². The van der Waals surface area contributed by atoms with E-state index in [1.54, 1.807) is 15.6 Å². The number of rotatable bonds is 8. The number of fused-ring (bicyclic) bond motifs is 1. The van der Waals surface area contributed by atoms with Crippen molar-refractivity contribution in [2.45, 2.75) is 19.4 Å². The molecule has 2 aromatic carbocycles. The highest BCUT2D eigenvalue weighted by atomic mass is 35.5. The smallest absolute Gasteiger partial charge is 0.224 e. The predicted octanol–water partition coefficient (Wildman–Crippen LogP) is 2.24. The molecule has 7 heteroatoms. The summed E-state index contributed by atoms with van der Waals surface area (Å²) in [5, 5.41) is 4.80. The monoisotopic (exact) mass is 400 g/mol. The number of nitrogens with zero attached hydrogens (tertiary/aromatic N) is 3. The second-order valence-corrected chi connectivity index (χ2v) is 6.40. The minimum atomic E-state index is -0.110. The summed E-state index contributed by atoms with van der Waals surface area (Å²) in [6.45, 7) is 2.02. The molecule has 0 saturated heterocycles. The van der Waals surface area contributed by atoms with Crippen LogP contribution in [0.2, 0.25) is 0 Å². The summed E-state index contributed by atoms with van der Waals surface area (Å²) >= 11 is 0. The topological polar surface area (TPSA) is 81.2 Å². The lowest BCUT2D eigenvalue weighted by atomic mass is 10.1. The Morgan fingerprint density at radius 2 is 1.75 bits per heavy atom. The first-order chi connectivity index (χ1) is 13.2. The first-order valence-corrected chi connectivity index (χ1v) is 9.15. The molecule has 0 bridgehead atoms. The molecule has 1 amide bonds. The fourth-order valence-electron chi connectivity index (χ4n) is 3.12. The SMILES string of the molecule is Cl.NCCN(CCc1ccccc1)C(=O)CCn1ncc(=O)c2ccccc21. The van der Waals surface area contributed by atoms with Gasteiger partial charge in [-0.05, 0) is 24.1 Å². The molecule has 0 unspecified atom stereocenters. The molecule has 0 spiro atoms. The normalized spacial score (nSPS) is 10.5. The summed E-state index contributed by atoms with van der Waals surface area (Å²) in [4.78, 5) is 26.4. The quantitative estimate of drug-likeness (QED) is 0.628. The van der Waals surface area contributed by atoms with Crippen LogP contribution in [0.1, 0.15) is 12.0 Å². The number of benzene rings is 2. The Balaban J connectivity index is 0.00000280. The minimum Gasteiger partial charge on any atom is -0.341 e. The largest absolute Gasteiger partial charge is 0.341 e. The van der Waals surface area contributed by atoms with Crippen molar-refractivity contribution < 1.29 is 4.79 Å². The van der Waals surface area contributed by atoms with Crippen LogP contribution in [0.15, 0.2) is 65.6 Å². The zero-order chi connectivity index (χ0) is 19.1. The second kappa shape index (κ2) is 10.6. The van der Waals surface area contributed by atoms with Crippen molar-refractivity contribution in [1.82, 2.24) is 14.7 Å². The predicted molar refractivity (Wildman–Crippen MR) is 114 cm³/mol. The summed E-state index contributed by atoms with van der Waals surface area (Å²) in [6, 6.07) is 17.4. The molecule has 0 aliphatic carbocycles. The summed E-state index contributed by atoms with van der Waals surface area (Å²) < 4.78 is 1.71. The van der Waals surface area contributed by atoms with E-state index in [1.807, 2.05) is 36.4 Å². The summed E-state index contributed by atoms with van der Waals surface area (Å²) in [7, 11) is 0. The molecule has 28 heavy (non-hydrogen) atoms. The maximum absolute atomic E-state index is 12.7. The van der Waals surface area contributed by atoms with Crippen molar-refractivity contribution in [1.29, 1.82) is 0 Å². The van der Waals surface area contributed by atoms with Crippen LogP contribution in [0.5, 0.6) is 0 Å². The van der Waals surface area contributed by atoms with Gasteiger partial charge in [0.15, 0.2) is 0 Å². The van der Waals surface area contributed by atoms with Gasteiger partial charge in [0.2, 0.25) is 11.3 Å². The van der Waals surface area contributed by atoms with Gasteiger partial charge in [0, 0.05) is 31.4 Å². The van der Waals surface area contributed by atoms with Crippen molar-refractivity contribution in [2.75, 3.05) is 19.6 Å². The van der Waals surface area contributed by atoms with Gasteiger partial charge in [-0.3, -0.25) is 14.3 Å². The molecule has 6 nitrogen and oxygen atoms in total. The van der Waals surface area contributed by atoms with Gasteiger partial charge in [0.1, 0.15) is 0 Å². The van der Waals surface area contributed by atoms with E-state index in [2.05, 4.69) is 17.2 Å². The van der Waals surface area contributed by atoms with E-state index in [0.29, 0.717) is 38.0 Å². The number of amides is 1. The number of carbonyl (C=O) groups is 1. The highest BCUT2D eigenvalue weighted by Gasteiger charge is 2.14. The van der Waals surface area contributed by atoms with Gasteiger partial charge in [-0.25, -0.2) is 0 Å². The minimum absolute atomic E-state index is 0. The van der Waals surface area contributed by atoms with Gasteiger partial charge < -0.3 is 10.6 Å². The zero-order valence-electron chi connectivity index (χ0n) is 15.7. The highest BCUT2D eigenvalue weighted by Crippen LogP contribution is 2.09. The Hall–Kier alpha value is -2.70. The number of hydrogen-bond acceptors (Lipinski definition) is 4. The fourth-order valence-corrected chi connectivity index (χ4v) is 3.12. The third kappa shape index (κ3) is 5.41. The molecule has 1 heterocycles. The molecule has 0 aliphatic rings. The van der Waals surface area contributed by atoms with Crippen molar-refractivity contribution in [3.8, 4) is 0 Å². The Bertz CT molecular complexity index is 959. The Kier molecular flexibility index (Phi) is 8.17.